The number of benzene rings is 2. The Labute approximate surface area is 127 Å². The monoisotopic (exact) mass is 384 g/mol. The maximum atomic E-state index is 13.2. The topological polar surface area (TPSA) is 18.5 Å². The fourth-order valence-electron chi connectivity index (χ4n) is 1.36. The normalized spacial score (nSPS) is 10.4. The summed E-state index contributed by atoms with van der Waals surface area (Å²) >= 11 is -2.60. The van der Waals surface area contributed by atoms with E-state index in [4.69, 9.17) is 0 Å². The quantitative estimate of drug-likeness (QED) is 0.744. The van der Waals surface area contributed by atoms with Crippen molar-refractivity contribution in [3.8, 4) is 11.5 Å². The average molecular weight is 385 g/mol. The van der Waals surface area contributed by atoms with Crippen LogP contribution in [-0.4, -0.2) is 0 Å². The molecule has 0 saturated heterocycles. The van der Waals surface area contributed by atoms with Crippen molar-refractivity contribution in [2.45, 2.75) is 0 Å². The molecule has 0 radical (unpaired) electrons. The first-order chi connectivity index (χ1) is 9.88. The summed E-state index contributed by atoms with van der Waals surface area (Å²) in [6, 6.07) is 1.54. The third kappa shape index (κ3) is 3.78. The minimum atomic E-state index is -2.60. The van der Waals surface area contributed by atoms with Gasteiger partial charge >= 0.3 is 127 Å². The van der Waals surface area contributed by atoms with E-state index in [1.807, 2.05) is 0 Å². The van der Waals surface area contributed by atoms with E-state index in [-0.39, 0.29) is 0 Å². The van der Waals surface area contributed by atoms with Crippen molar-refractivity contribution in [1.29, 1.82) is 0 Å². The van der Waals surface area contributed by atoms with E-state index in [9.17, 15) is 26.3 Å². The van der Waals surface area contributed by atoms with E-state index < -0.39 is 70.5 Å². The van der Waals surface area contributed by atoms with Gasteiger partial charge in [-0.25, -0.2) is 0 Å². The van der Waals surface area contributed by atoms with E-state index in [1.54, 1.807) is 0 Å². The van der Waals surface area contributed by atoms with Crippen LogP contribution in [0.1, 0.15) is 0 Å². The van der Waals surface area contributed by atoms with Crippen LogP contribution in [0.2, 0.25) is 0 Å². The average Bonchev–Trinajstić information content (AvgIpc) is 2.34. The molecule has 9 heteroatoms. The molecular formula is C12H4F6O2Zr. The van der Waals surface area contributed by atoms with Crippen LogP contribution in [0, 0.1) is 34.9 Å². The minimum absolute atomic E-state index is 0.386. The van der Waals surface area contributed by atoms with Crippen molar-refractivity contribution in [2.75, 3.05) is 0 Å². The molecule has 0 aliphatic rings. The van der Waals surface area contributed by atoms with Crippen LogP contribution < -0.4 is 5.63 Å². The molecule has 2 aromatic rings. The number of rotatable bonds is 4. The molecule has 2 nitrogen and oxygen atoms in total. The van der Waals surface area contributed by atoms with Crippen LogP contribution in [0.4, 0.5) is 26.3 Å². The second kappa shape index (κ2) is 6.51. The number of halogens is 6. The summed E-state index contributed by atoms with van der Waals surface area (Å²) in [7, 11) is 0. The predicted molar refractivity (Wildman–Crippen MR) is 53.9 cm³/mol. The van der Waals surface area contributed by atoms with Gasteiger partial charge in [0.1, 0.15) is 0 Å². The summed E-state index contributed by atoms with van der Waals surface area (Å²) < 4.78 is 87.5. The van der Waals surface area contributed by atoms with E-state index in [0.717, 1.165) is 0 Å². The molecule has 0 amide bonds. The third-order valence-electron chi connectivity index (χ3n) is 2.21. The Morgan fingerprint density at radius 2 is 0.857 bits per heavy atom. The van der Waals surface area contributed by atoms with Gasteiger partial charge < -0.3 is 0 Å². The molecule has 0 spiro atoms. The Hall–Kier alpha value is -1.50. The summed E-state index contributed by atoms with van der Waals surface area (Å²) in [6.07, 6.45) is 0. The molecule has 0 N–H and O–H groups in total. The van der Waals surface area contributed by atoms with Crippen molar-refractivity contribution in [1.82, 2.24) is 0 Å². The third-order valence-corrected chi connectivity index (χ3v) is 3.63. The Balaban J connectivity index is 2.09. The zero-order chi connectivity index (χ0) is 15.6. The molecule has 0 heterocycles. The molecule has 0 aliphatic carbocycles. The van der Waals surface area contributed by atoms with Gasteiger partial charge in [-0.15, -0.1) is 0 Å². The van der Waals surface area contributed by atoms with Crippen molar-refractivity contribution in [3.63, 3.8) is 0 Å². The first kappa shape index (κ1) is 15.9. The zero-order valence-corrected chi connectivity index (χ0v) is 12.4. The van der Waals surface area contributed by atoms with Gasteiger partial charge in [0.05, 0.1) is 0 Å². The van der Waals surface area contributed by atoms with Gasteiger partial charge in [-0.05, 0) is 0 Å². The molecule has 0 aliphatic heterocycles. The van der Waals surface area contributed by atoms with Crippen LogP contribution in [0.15, 0.2) is 24.3 Å². The summed E-state index contributed by atoms with van der Waals surface area (Å²) in [5, 5.41) is 0. The molecule has 0 bridgehead atoms. The van der Waals surface area contributed by atoms with E-state index >= 15 is 0 Å². The molecule has 110 valence electrons. The van der Waals surface area contributed by atoms with Gasteiger partial charge in [0.15, 0.2) is 0 Å². The standard InChI is InChI=1S/2C6H3F3O.Zr/c2*7-3-1-4(8)6(10)5(9)2-3;/h2*1-2,10H;/q;;+2/p-2. The molecule has 0 unspecified atom stereocenters. The van der Waals surface area contributed by atoms with Crippen LogP contribution in [-0.2, 0) is 24.1 Å². The molecule has 2 rings (SSSR count). The fourth-order valence-corrected chi connectivity index (χ4v) is 2.83. The molecule has 2 aromatic carbocycles. The van der Waals surface area contributed by atoms with Gasteiger partial charge in [0, 0.05) is 0 Å². The summed E-state index contributed by atoms with van der Waals surface area (Å²) in [5.41, 5.74) is 0. The number of hydrogen-bond acceptors (Lipinski definition) is 2. The summed E-state index contributed by atoms with van der Waals surface area (Å²) in [4.78, 5) is 0. The van der Waals surface area contributed by atoms with Gasteiger partial charge in [-0.1, -0.05) is 0 Å². The molecule has 21 heavy (non-hydrogen) atoms. The zero-order valence-electron chi connectivity index (χ0n) is 9.89. The van der Waals surface area contributed by atoms with Gasteiger partial charge in [0.25, 0.3) is 0 Å². The van der Waals surface area contributed by atoms with Gasteiger partial charge in [-0.2, -0.15) is 0 Å². The van der Waals surface area contributed by atoms with Crippen molar-refractivity contribution < 1.29 is 56.1 Å². The molecule has 0 saturated carbocycles. The molecule has 0 aromatic heterocycles. The fraction of sp³-hybridized carbons (Fsp3) is 0. The van der Waals surface area contributed by atoms with Crippen LogP contribution in [0.25, 0.3) is 0 Å². The van der Waals surface area contributed by atoms with Crippen molar-refractivity contribution in [2.24, 2.45) is 0 Å². The predicted octanol–water partition coefficient (Wildman–Crippen LogP) is 3.89. The van der Waals surface area contributed by atoms with Crippen LogP contribution in [0.5, 0.6) is 11.5 Å². The van der Waals surface area contributed by atoms with Crippen molar-refractivity contribution >= 4 is 0 Å². The van der Waals surface area contributed by atoms with Gasteiger partial charge in [0.2, 0.25) is 0 Å². The number of hydrogen-bond donors (Lipinski definition) is 0. The Kier molecular flexibility index (Phi) is 4.93. The first-order valence-corrected chi connectivity index (χ1v) is 7.27. The van der Waals surface area contributed by atoms with Crippen LogP contribution in [0.3, 0.4) is 0 Å². The van der Waals surface area contributed by atoms with E-state index in [2.05, 4.69) is 5.63 Å². The van der Waals surface area contributed by atoms with Crippen LogP contribution >= 0.6 is 0 Å². The maximum absolute atomic E-state index is 13.2. The van der Waals surface area contributed by atoms with Crippen molar-refractivity contribution in [3.05, 3.63) is 59.2 Å². The first-order valence-electron chi connectivity index (χ1n) is 5.26. The van der Waals surface area contributed by atoms with Gasteiger partial charge in [-0.3, -0.25) is 0 Å². The molecule has 0 atom stereocenters. The second-order valence-electron chi connectivity index (χ2n) is 3.68. The summed E-state index contributed by atoms with van der Waals surface area (Å²) in [6.45, 7) is 0. The van der Waals surface area contributed by atoms with E-state index in [0.29, 0.717) is 24.3 Å². The molecular weight excluding hydrogens is 381 g/mol. The molecule has 0 fully saturated rings. The Bertz CT molecular complexity index is 575. The Morgan fingerprint density at radius 3 is 1.14 bits per heavy atom. The SMILES string of the molecule is Fc1cc(F)c([O][Zr][O]c2c(F)cc(F)cc2F)c(F)c1. The second-order valence-corrected chi connectivity index (χ2v) is 5.10. The Morgan fingerprint density at radius 1 is 0.571 bits per heavy atom. The summed E-state index contributed by atoms with van der Waals surface area (Å²) in [5.74, 6) is -9.31. The van der Waals surface area contributed by atoms with E-state index in [1.165, 1.54) is 0 Å².